The number of benzene rings is 1. The number of phenols is 1. The summed E-state index contributed by atoms with van der Waals surface area (Å²) >= 11 is 0. The number of ether oxygens (including phenoxy) is 2. The quantitative estimate of drug-likeness (QED) is 0.815. The fraction of sp³-hybridized carbons (Fsp3) is 0.462. The van der Waals surface area contributed by atoms with Crippen LogP contribution in [0.5, 0.6) is 11.5 Å². The number of hydrogen-bond acceptors (Lipinski definition) is 5. The normalized spacial score (nSPS) is 12.9. The summed E-state index contributed by atoms with van der Waals surface area (Å²) in [6, 6.07) is 1.17. The maximum absolute atomic E-state index is 13.5. The van der Waals surface area contributed by atoms with Crippen LogP contribution in [0.2, 0.25) is 0 Å². The number of carbonyl (C=O) groups excluding carboxylic acids is 1. The molecular formula is C13H18FNO4. The zero-order chi connectivity index (χ0) is 14.8. The molecule has 1 atom stereocenters. The average molecular weight is 271 g/mol. The molecule has 0 unspecified atom stereocenters. The predicted molar refractivity (Wildman–Crippen MR) is 67.3 cm³/mol. The van der Waals surface area contributed by atoms with Crippen molar-refractivity contribution in [3.8, 4) is 11.5 Å². The number of carbonyl (C=O) groups is 1. The van der Waals surface area contributed by atoms with Crippen molar-refractivity contribution in [3.05, 3.63) is 23.5 Å². The molecule has 0 radical (unpaired) electrons. The van der Waals surface area contributed by atoms with Gasteiger partial charge in [0.15, 0.2) is 11.5 Å². The van der Waals surface area contributed by atoms with E-state index in [4.69, 9.17) is 10.5 Å². The summed E-state index contributed by atoms with van der Waals surface area (Å²) in [5, 5.41) is 9.98. The second-order valence-corrected chi connectivity index (χ2v) is 4.74. The molecule has 0 fully saturated rings. The Kier molecular flexibility index (Phi) is 4.36. The highest BCUT2D eigenvalue weighted by Gasteiger charge is 2.38. The first-order valence-electron chi connectivity index (χ1n) is 5.66. The van der Waals surface area contributed by atoms with Gasteiger partial charge in [-0.15, -0.1) is 0 Å². The number of hydrogen-bond donors (Lipinski definition) is 2. The number of aromatic hydroxyl groups is 1. The lowest BCUT2D eigenvalue weighted by Gasteiger charge is -2.29. The van der Waals surface area contributed by atoms with Crippen LogP contribution in [0.15, 0.2) is 12.1 Å². The largest absolute Gasteiger partial charge is 0.504 e. The fourth-order valence-electron chi connectivity index (χ4n) is 1.77. The van der Waals surface area contributed by atoms with Crippen LogP contribution in [0, 0.1) is 11.2 Å². The van der Waals surface area contributed by atoms with E-state index in [-0.39, 0.29) is 17.1 Å². The molecule has 1 aromatic rings. The molecule has 0 saturated carbocycles. The van der Waals surface area contributed by atoms with E-state index in [0.717, 1.165) is 12.1 Å². The third-order valence-corrected chi connectivity index (χ3v) is 3.11. The van der Waals surface area contributed by atoms with Gasteiger partial charge in [-0.25, -0.2) is 4.39 Å². The first-order chi connectivity index (χ1) is 8.75. The van der Waals surface area contributed by atoms with Crippen molar-refractivity contribution in [2.45, 2.75) is 19.9 Å². The van der Waals surface area contributed by atoms with Gasteiger partial charge in [0.05, 0.1) is 19.6 Å². The Morgan fingerprint density at radius 3 is 2.47 bits per heavy atom. The Morgan fingerprint density at radius 1 is 1.42 bits per heavy atom. The van der Waals surface area contributed by atoms with Gasteiger partial charge < -0.3 is 20.3 Å². The summed E-state index contributed by atoms with van der Waals surface area (Å²) in [5.74, 6) is -1.48. The standard InChI is InChI=1S/C13H18FNO4/c1-13(2,12(17)19-4)11(15)8-5-7(14)6-9(18-3)10(8)16/h5-6,11,16H,15H2,1-4H3/t11-/m0/s1. The van der Waals surface area contributed by atoms with Crippen LogP contribution >= 0.6 is 0 Å². The van der Waals surface area contributed by atoms with Crippen molar-refractivity contribution < 1.29 is 23.8 Å². The van der Waals surface area contributed by atoms with E-state index >= 15 is 0 Å². The van der Waals surface area contributed by atoms with Crippen molar-refractivity contribution in [1.82, 2.24) is 0 Å². The summed E-state index contributed by atoms with van der Waals surface area (Å²) in [5.41, 5.74) is 4.93. The SMILES string of the molecule is COC(=O)C(C)(C)[C@@H](N)c1cc(F)cc(OC)c1O. The van der Waals surface area contributed by atoms with Gasteiger partial charge in [-0.05, 0) is 19.9 Å². The minimum Gasteiger partial charge on any atom is -0.504 e. The maximum Gasteiger partial charge on any atom is 0.313 e. The molecule has 19 heavy (non-hydrogen) atoms. The summed E-state index contributed by atoms with van der Waals surface area (Å²) in [4.78, 5) is 11.7. The van der Waals surface area contributed by atoms with Crippen LogP contribution in [0.3, 0.4) is 0 Å². The van der Waals surface area contributed by atoms with Crippen molar-refractivity contribution in [3.63, 3.8) is 0 Å². The zero-order valence-electron chi connectivity index (χ0n) is 11.4. The molecule has 0 aliphatic carbocycles. The molecule has 0 aromatic heterocycles. The summed E-state index contributed by atoms with van der Waals surface area (Å²) in [7, 11) is 2.54. The number of esters is 1. The minimum atomic E-state index is -1.12. The average Bonchev–Trinajstić information content (AvgIpc) is 2.38. The molecule has 6 heteroatoms. The smallest absolute Gasteiger partial charge is 0.313 e. The molecule has 5 nitrogen and oxygen atoms in total. The van der Waals surface area contributed by atoms with Crippen molar-refractivity contribution in [2.24, 2.45) is 11.1 Å². The van der Waals surface area contributed by atoms with Gasteiger partial charge in [0, 0.05) is 17.7 Å². The van der Waals surface area contributed by atoms with Crippen LogP contribution in [0.25, 0.3) is 0 Å². The first kappa shape index (κ1) is 15.2. The molecular weight excluding hydrogens is 253 g/mol. The van der Waals surface area contributed by atoms with Gasteiger partial charge in [0.1, 0.15) is 5.82 Å². The van der Waals surface area contributed by atoms with Gasteiger partial charge in [0.25, 0.3) is 0 Å². The van der Waals surface area contributed by atoms with Crippen LogP contribution in [0.4, 0.5) is 4.39 Å². The maximum atomic E-state index is 13.5. The molecule has 0 bridgehead atoms. The lowest BCUT2D eigenvalue weighted by Crippen LogP contribution is -2.37. The Balaban J connectivity index is 3.30. The molecule has 1 aromatic carbocycles. The van der Waals surface area contributed by atoms with Crippen molar-refractivity contribution in [2.75, 3.05) is 14.2 Å². The van der Waals surface area contributed by atoms with Gasteiger partial charge >= 0.3 is 5.97 Å². The van der Waals surface area contributed by atoms with E-state index in [0.29, 0.717) is 0 Å². The number of methoxy groups -OCH3 is 2. The summed E-state index contributed by atoms with van der Waals surface area (Å²) in [6.07, 6.45) is 0. The number of halogens is 1. The highest BCUT2D eigenvalue weighted by atomic mass is 19.1. The van der Waals surface area contributed by atoms with Crippen LogP contribution in [-0.2, 0) is 9.53 Å². The number of nitrogens with two attached hydrogens (primary N) is 1. The highest BCUT2D eigenvalue weighted by Crippen LogP contribution is 2.41. The summed E-state index contributed by atoms with van der Waals surface area (Å²) < 4.78 is 23.0. The Labute approximate surface area is 111 Å². The molecule has 0 spiro atoms. The molecule has 0 aliphatic heterocycles. The molecule has 0 saturated heterocycles. The topological polar surface area (TPSA) is 81.8 Å². The third-order valence-electron chi connectivity index (χ3n) is 3.11. The lowest BCUT2D eigenvalue weighted by molar-refractivity contribution is -0.152. The Hall–Kier alpha value is -1.82. The van der Waals surface area contributed by atoms with Crippen LogP contribution in [-0.4, -0.2) is 25.3 Å². The van der Waals surface area contributed by atoms with E-state index in [1.54, 1.807) is 13.8 Å². The van der Waals surface area contributed by atoms with E-state index < -0.39 is 23.2 Å². The van der Waals surface area contributed by atoms with Crippen molar-refractivity contribution in [1.29, 1.82) is 0 Å². The lowest BCUT2D eigenvalue weighted by atomic mass is 9.80. The van der Waals surface area contributed by atoms with Gasteiger partial charge in [-0.2, -0.15) is 0 Å². The first-order valence-corrected chi connectivity index (χ1v) is 5.66. The molecule has 106 valence electrons. The third kappa shape index (κ3) is 2.78. The minimum absolute atomic E-state index is 0.0360. The molecule has 0 amide bonds. The molecule has 0 aliphatic rings. The van der Waals surface area contributed by atoms with Crippen LogP contribution < -0.4 is 10.5 Å². The molecule has 0 heterocycles. The van der Waals surface area contributed by atoms with Crippen molar-refractivity contribution >= 4 is 5.97 Å². The Bertz CT molecular complexity index is 488. The molecule has 3 N–H and O–H groups in total. The van der Waals surface area contributed by atoms with E-state index in [1.165, 1.54) is 14.2 Å². The number of phenolic OH excluding ortho intramolecular Hbond substituents is 1. The summed E-state index contributed by atoms with van der Waals surface area (Å²) in [6.45, 7) is 3.11. The second-order valence-electron chi connectivity index (χ2n) is 4.74. The van der Waals surface area contributed by atoms with Gasteiger partial charge in [0.2, 0.25) is 0 Å². The number of rotatable bonds is 4. The van der Waals surface area contributed by atoms with E-state index in [1.807, 2.05) is 0 Å². The van der Waals surface area contributed by atoms with E-state index in [9.17, 15) is 14.3 Å². The zero-order valence-corrected chi connectivity index (χ0v) is 11.4. The van der Waals surface area contributed by atoms with E-state index in [2.05, 4.69) is 4.74 Å². The van der Waals surface area contributed by atoms with Crippen LogP contribution in [0.1, 0.15) is 25.5 Å². The second kappa shape index (κ2) is 5.44. The van der Waals surface area contributed by atoms with Gasteiger partial charge in [-0.1, -0.05) is 0 Å². The predicted octanol–water partition coefficient (Wildman–Crippen LogP) is 1.74. The fourth-order valence-corrected chi connectivity index (χ4v) is 1.77. The molecule has 1 rings (SSSR count). The monoisotopic (exact) mass is 271 g/mol. The highest BCUT2D eigenvalue weighted by molar-refractivity contribution is 5.77. The van der Waals surface area contributed by atoms with Gasteiger partial charge in [-0.3, -0.25) is 4.79 Å². The Morgan fingerprint density at radius 2 is 2.00 bits per heavy atom.